The van der Waals surface area contributed by atoms with Crippen LogP contribution in [0.5, 0.6) is 5.75 Å². The van der Waals surface area contributed by atoms with E-state index in [0.717, 1.165) is 5.39 Å². The van der Waals surface area contributed by atoms with Crippen molar-refractivity contribution in [1.29, 1.82) is 0 Å². The van der Waals surface area contributed by atoms with E-state index in [-0.39, 0.29) is 18.2 Å². The number of ether oxygens (including phenoxy) is 2. The molecule has 5 rings (SSSR count). The van der Waals surface area contributed by atoms with Crippen LogP contribution in [0.3, 0.4) is 0 Å². The van der Waals surface area contributed by atoms with Crippen LogP contribution in [-0.4, -0.2) is 39.5 Å². The Morgan fingerprint density at radius 1 is 1.07 bits per heavy atom. The highest BCUT2D eigenvalue weighted by molar-refractivity contribution is 7.91. The Morgan fingerprint density at radius 3 is 2.65 bits per heavy atom. The van der Waals surface area contributed by atoms with Crippen LogP contribution in [0.25, 0.3) is 22.3 Å². The molecule has 0 saturated carbocycles. The van der Waals surface area contributed by atoms with Crippen molar-refractivity contribution in [1.82, 2.24) is 19.9 Å². The second-order valence-electron chi connectivity index (χ2n) is 9.62. The van der Waals surface area contributed by atoms with Crippen LogP contribution in [0.15, 0.2) is 66.4 Å². The van der Waals surface area contributed by atoms with Crippen molar-refractivity contribution < 1.29 is 22.3 Å². The number of benzene rings is 2. The number of nitrogens with zero attached hydrogens (tertiary/aromatic N) is 4. The molecule has 2 unspecified atom stereocenters. The van der Waals surface area contributed by atoms with Gasteiger partial charge in [-0.1, -0.05) is 37.6 Å². The number of anilines is 2. The minimum Gasteiger partial charge on any atom is -0.487 e. The Hall–Kier alpha value is -3.71. The Labute approximate surface area is 258 Å². The third-order valence-electron chi connectivity index (χ3n) is 6.69. The van der Waals surface area contributed by atoms with Crippen LogP contribution >= 0.6 is 22.9 Å². The van der Waals surface area contributed by atoms with Gasteiger partial charge in [0.1, 0.15) is 41.4 Å². The molecule has 5 aromatic rings. The molecule has 3 heterocycles. The first kappa shape index (κ1) is 30.7. The summed E-state index contributed by atoms with van der Waals surface area (Å²) >= 11 is 7.88. The van der Waals surface area contributed by atoms with Crippen LogP contribution in [0, 0.1) is 5.82 Å². The number of fused-ring (bicyclic) bond motifs is 1. The van der Waals surface area contributed by atoms with Gasteiger partial charge in [-0.15, -0.1) is 11.3 Å². The van der Waals surface area contributed by atoms with Crippen molar-refractivity contribution in [3.8, 4) is 17.1 Å². The van der Waals surface area contributed by atoms with Gasteiger partial charge in [0, 0.05) is 22.2 Å². The van der Waals surface area contributed by atoms with Gasteiger partial charge in [0.15, 0.2) is 15.3 Å². The average Bonchev–Trinajstić information content (AvgIpc) is 3.49. The summed E-state index contributed by atoms with van der Waals surface area (Å²) in [6.45, 7) is 5.26. The quantitative estimate of drug-likeness (QED) is 0.148. The molecule has 1 N–H and O–H groups in total. The van der Waals surface area contributed by atoms with E-state index in [1.807, 2.05) is 18.4 Å². The van der Waals surface area contributed by atoms with Crippen LogP contribution in [0.4, 0.5) is 15.9 Å². The standard InChI is InChI=1S/C30H29ClFN5O4S2/c1-4-27(41-18(3)43(38,39)5-2)30-37-26(16-42-30)24-13-22-25(14-33-24)34-17-35-29(22)36-21-9-10-28(23(31)12-21)40-15-19-7-6-8-20(32)11-19/h6-14,16-18,27H,4-5,15H2,1-3H3,(H,34,35,36). The first-order chi connectivity index (χ1) is 20.7. The van der Waals surface area contributed by atoms with Crippen molar-refractivity contribution in [2.75, 3.05) is 11.1 Å². The van der Waals surface area contributed by atoms with E-state index in [2.05, 4.69) is 20.3 Å². The molecule has 2 atom stereocenters. The van der Waals surface area contributed by atoms with Gasteiger partial charge in [-0.3, -0.25) is 4.98 Å². The highest BCUT2D eigenvalue weighted by Crippen LogP contribution is 2.34. The molecule has 0 bridgehead atoms. The summed E-state index contributed by atoms with van der Waals surface area (Å²) in [7, 11) is -3.34. The highest BCUT2D eigenvalue weighted by atomic mass is 35.5. The summed E-state index contributed by atoms with van der Waals surface area (Å²) < 4.78 is 49.6. The maximum Gasteiger partial charge on any atom is 0.176 e. The fraction of sp³-hybridized carbons (Fsp3) is 0.267. The fourth-order valence-corrected chi connectivity index (χ4v) is 6.19. The monoisotopic (exact) mass is 641 g/mol. The van der Waals surface area contributed by atoms with Gasteiger partial charge in [0.25, 0.3) is 0 Å². The zero-order chi connectivity index (χ0) is 30.6. The third kappa shape index (κ3) is 7.27. The van der Waals surface area contributed by atoms with E-state index in [4.69, 9.17) is 26.1 Å². The second-order valence-corrected chi connectivity index (χ2v) is 13.5. The molecule has 0 amide bonds. The molecule has 0 aliphatic carbocycles. The van der Waals surface area contributed by atoms with E-state index >= 15 is 0 Å². The molecule has 0 fully saturated rings. The van der Waals surface area contributed by atoms with Crippen LogP contribution in [0.1, 0.15) is 43.9 Å². The average molecular weight is 642 g/mol. The van der Waals surface area contributed by atoms with E-state index in [1.54, 1.807) is 50.4 Å². The van der Waals surface area contributed by atoms with Crippen molar-refractivity contribution in [2.45, 2.75) is 45.3 Å². The summed E-state index contributed by atoms with van der Waals surface area (Å²) in [6.07, 6.45) is 3.21. The molecular weight excluding hydrogens is 613 g/mol. The number of thiazole rings is 1. The summed E-state index contributed by atoms with van der Waals surface area (Å²) in [5.74, 6) is 0.688. The van der Waals surface area contributed by atoms with Crippen LogP contribution in [-0.2, 0) is 21.2 Å². The molecule has 3 aromatic heterocycles. The molecule has 224 valence electrons. The smallest absolute Gasteiger partial charge is 0.176 e. The fourth-order valence-electron chi connectivity index (χ4n) is 4.25. The predicted molar refractivity (Wildman–Crippen MR) is 167 cm³/mol. The highest BCUT2D eigenvalue weighted by Gasteiger charge is 2.25. The summed E-state index contributed by atoms with van der Waals surface area (Å²) in [5.41, 5.74) is 2.31. The first-order valence-corrected chi connectivity index (χ1v) is 16.5. The van der Waals surface area contributed by atoms with E-state index in [9.17, 15) is 12.8 Å². The Bertz CT molecular complexity index is 1850. The number of rotatable bonds is 12. The van der Waals surface area contributed by atoms with Crippen molar-refractivity contribution in [3.05, 3.63) is 87.8 Å². The van der Waals surface area contributed by atoms with Crippen LogP contribution < -0.4 is 10.1 Å². The van der Waals surface area contributed by atoms with Gasteiger partial charge in [-0.25, -0.2) is 27.8 Å². The van der Waals surface area contributed by atoms with E-state index < -0.39 is 21.4 Å². The first-order valence-electron chi connectivity index (χ1n) is 13.5. The lowest BCUT2D eigenvalue weighted by Crippen LogP contribution is -2.24. The van der Waals surface area contributed by atoms with Gasteiger partial charge in [0.05, 0.1) is 28.1 Å². The van der Waals surface area contributed by atoms with Crippen LogP contribution in [0.2, 0.25) is 5.02 Å². The van der Waals surface area contributed by atoms with Gasteiger partial charge < -0.3 is 14.8 Å². The SMILES string of the molecule is CCC(OC(C)S(=O)(=O)CC)c1nc(-c2cc3c(Nc4ccc(OCc5cccc(F)c5)c(Cl)c4)ncnc3cn2)cs1. The lowest BCUT2D eigenvalue weighted by Gasteiger charge is -2.19. The molecule has 0 aliphatic heterocycles. The topological polar surface area (TPSA) is 116 Å². The molecule has 0 radical (unpaired) electrons. The molecule has 2 aromatic carbocycles. The van der Waals surface area contributed by atoms with Gasteiger partial charge >= 0.3 is 0 Å². The molecule has 43 heavy (non-hydrogen) atoms. The van der Waals surface area contributed by atoms with Crippen molar-refractivity contribution in [3.63, 3.8) is 0 Å². The minimum atomic E-state index is -3.34. The lowest BCUT2D eigenvalue weighted by molar-refractivity contribution is 0.0353. The zero-order valence-corrected chi connectivity index (χ0v) is 26.0. The normalized spacial score (nSPS) is 13.1. The number of aromatic nitrogens is 4. The number of nitrogens with one attached hydrogen (secondary N) is 1. The zero-order valence-electron chi connectivity index (χ0n) is 23.6. The number of halogens is 2. The van der Waals surface area contributed by atoms with Crippen molar-refractivity contribution >= 4 is 55.2 Å². The molecule has 13 heteroatoms. The van der Waals surface area contributed by atoms with Crippen molar-refractivity contribution in [2.24, 2.45) is 0 Å². The number of hydrogen-bond acceptors (Lipinski definition) is 10. The number of pyridine rings is 1. The molecule has 9 nitrogen and oxygen atoms in total. The Balaban J connectivity index is 1.34. The predicted octanol–water partition coefficient (Wildman–Crippen LogP) is 7.51. The lowest BCUT2D eigenvalue weighted by atomic mass is 10.2. The van der Waals surface area contributed by atoms with E-state index in [1.165, 1.54) is 29.8 Å². The van der Waals surface area contributed by atoms with E-state index in [0.29, 0.717) is 56.2 Å². The Morgan fingerprint density at radius 2 is 1.91 bits per heavy atom. The van der Waals surface area contributed by atoms with Gasteiger partial charge in [-0.05, 0) is 55.3 Å². The second kappa shape index (κ2) is 13.3. The minimum absolute atomic E-state index is 0.00780. The molecule has 0 spiro atoms. The molecular formula is C30H29ClFN5O4S2. The number of hydrogen-bond donors (Lipinski definition) is 1. The van der Waals surface area contributed by atoms with Gasteiger partial charge in [0.2, 0.25) is 0 Å². The van der Waals surface area contributed by atoms with Gasteiger partial charge in [-0.2, -0.15) is 0 Å². The summed E-state index contributed by atoms with van der Waals surface area (Å²) in [4.78, 5) is 18.0. The summed E-state index contributed by atoms with van der Waals surface area (Å²) in [5, 5.41) is 6.93. The summed E-state index contributed by atoms with van der Waals surface area (Å²) in [6, 6.07) is 13.3. The maximum atomic E-state index is 13.5. The molecule has 0 aliphatic rings. The maximum absolute atomic E-state index is 13.5. The largest absolute Gasteiger partial charge is 0.487 e. The third-order valence-corrected chi connectivity index (χ3v) is 9.85. The molecule has 0 saturated heterocycles. The Kier molecular flexibility index (Phi) is 9.50. The number of sulfone groups is 1.